The zero-order valence-electron chi connectivity index (χ0n) is 11.6. The van der Waals surface area contributed by atoms with E-state index in [1.807, 2.05) is 42.5 Å². The molecule has 1 heterocycles. The minimum absolute atomic E-state index is 0.551. The fourth-order valence-electron chi connectivity index (χ4n) is 2.36. The molecule has 3 rings (SSSR count). The van der Waals surface area contributed by atoms with Gasteiger partial charge >= 0.3 is 0 Å². The van der Waals surface area contributed by atoms with Gasteiger partial charge in [0.2, 0.25) is 0 Å². The summed E-state index contributed by atoms with van der Waals surface area (Å²) in [6.07, 6.45) is 7.98. The fourth-order valence-corrected chi connectivity index (χ4v) is 2.76. The summed E-state index contributed by atoms with van der Waals surface area (Å²) in [5, 5.41) is 0. The van der Waals surface area contributed by atoms with Crippen molar-refractivity contribution in [2.45, 2.75) is 0 Å². The van der Waals surface area contributed by atoms with E-state index < -0.39 is 0 Å². The van der Waals surface area contributed by atoms with Gasteiger partial charge in [0.15, 0.2) is 0 Å². The summed E-state index contributed by atoms with van der Waals surface area (Å²) in [6, 6.07) is 14.4. The molecule has 104 valence electrons. The van der Waals surface area contributed by atoms with Gasteiger partial charge in [0.05, 0.1) is 0 Å². The summed E-state index contributed by atoms with van der Waals surface area (Å²) >= 11 is 3.53. The number of allylic oxidation sites excluding steroid dienone is 4. The fraction of sp³-hybridized carbons (Fsp3) is 0.0526. The molecule has 0 atom stereocenters. The number of benzene rings is 2. The molecule has 0 radical (unpaired) electrons. The van der Waals surface area contributed by atoms with Crippen LogP contribution in [-0.2, 0) is 0 Å². The molecule has 0 bridgehead atoms. The molecule has 0 fully saturated rings. The van der Waals surface area contributed by atoms with E-state index in [-0.39, 0.29) is 0 Å². The van der Waals surface area contributed by atoms with Crippen molar-refractivity contribution >= 4 is 21.5 Å². The molecule has 1 aliphatic rings. The minimum atomic E-state index is 0.551. The Kier molecular flexibility index (Phi) is 4.07. The lowest BCUT2D eigenvalue weighted by molar-refractivity contribution is 0.363. The predicted molar refractivity (Wildman–Crippen MR) is 92.4 cm³/mol. The Morgan fingerprint density at radius 2 is 1.81 bits per heavy atom. The van der Waals surface area contributed by atoms with Crippen LogP contribution in [0.2, 0.25) is 0 Å². The zero-order valence-corrected chi connectivity index (χ0v) is 13.1. The third-order valence-electron chi connectivity index (χ3n) is 3.37. The van der Waals surface area contributed by atoms with Crippen LogP contribution >= 0.6 is 15.9 Å². The smallest absolute Gasteiger partial charge is 0.135 e. The molecular formula is C19H15BrO. The lowest BCUT2D eigenvalue weighted by Gasteiger charge is -2.15. The molecule has 0 aromatic heterocycles. The summed E-state index contributed by atoms with van der Waals surface area (Å²) < 4.78 is 7.06. The maximum atomic E-state index is 6.00. The Bertz CT molecular complexity index is 741. The van der Waals surface area contributed by atoms with Crippen LogP contribution in [0.15, 0.2) is 77.8 Å². The van der Waals surface area contributed by atoms with Gasteiger partial charge in [-0.2, -0.15) is 0 Å². The number of rotatable bonds is 1. The first-order valence-electron chi connectivity index (χ1n) is 6.80. The summed E-state index contributed by atoms with van der Waals surface area (Å²) in [4.78, 5) is 0. The van der Waals surface area contributed by atoms with Gasteiger partial charge in [-0.25, -0.2) is 0 Å². The molecule has 2 aromatic carbocycles. The third-order valence-corrected chi connectivity index (χ3v) is 3.86. The lowest BCUT2D eigenvalue weighted by atomic mass is 9.97. The summed E-state index contributed by atoms with van der Waals surface area (Å²) in [6.45, 7) is 4.69. The summed E-state index contributed by atoms with van der Waals surface area (Å²) in [7, 11) is 0. The van der Waals surface area contributed by atoms with E-state index in [9.17, 15) is 0 Å². The standard InChI is InChI=1S/C19H15BrO/c1-14-7-3-2-4-12-21-19-17(14)10-6-11-18(19)15-8-5-9-16(20)13-15/h2-11,13H,1,12H2/b4-2-,7-3-. The normalized spacial score (nSPS) is 16.9. The van der Waals surface area contributed by atoms with Gasteiger partial charge in [-0.05, 0) is 29.3 Å². The van der Waals surface area contributed by atoms with Crippen molar-refractivity contribution < 1.29 is 4.74 Å². The van der Waals surface area contributed by atoms with Gasteiger partial charge in [0.25, 0.3) is 0 Å². The molecule has 0 saturated heterocycles. The average Bonchev–Trinajstić information content (AvgIpc) is 2.58. The molecule has 0 spiro atoms. The lowest BCUT2D eigenvalue weighted by Crippen LogP contribution is -1.98. The molecule has 1 nitrogen and oxygen atoms in total. The molecule has 0 saturated carbocycles. The first-order chi connectivity index (χ1) is 10.3. The van der Waals surface area contributed by atoms with Crippen LogP contribution < -0.4 is 4.74 Å². The van der Waals surface area contributed by atoms with Crippen LogP contribution in [0.3, 0.4) is 0 Å². The maximum Gasteiger partial charge on any atom is 0.135 e. The average molecular weight is 339 g/mol. The number of hydrogen-bond donors (Lipinski definition) is 0. The van der Waals surface area contributed by atoms with Crippen molar-refractivity contribution in [3.8, 4) is 16.9 Å². The zero-order chi connectivity index (χ0) is 14.7. The van der Waals surface area contributed by atoms with Crippen molar-refractivity contribution in [1.82, 2.24) is 0 Å². The Morgan fingerprint density at radius 1 is 1.00 bits per heavy atom. The first-order valence-corrected chi connectivity index (χ1v) is 7.59. The molecule has 0 amide bonds. The number of fused-ring (bicyclic) bond motifs is 1. The van der Waals surface area contributed by atoms with Crippen LogP contribution in [0.4, 0.5) is 0 Å². The molecular weight excluding hydrogens is 324 g/mol. The van der Waals surface area contributed by atoms with Crippen LogP contribution in [0.25, 0.3) is 16.7 Å². The molecule has 2 heteroatoms. The number of para-hydroxylation sites is 1. The van der Waals surface area contributed by atoms with Crippen LogP contribution in [0.5, 0.6) is 5.75 Å². The van der Waals surface area contributed by atoms with Crippen molar-refractivity contribution in [2.24, 2.45) is 0 Å². The number of halogens is 1. The van der Waals surface area contributed by atoms with Gasteiger partial charge in [0.1, 0.15) is 12.4 Å². The Morgan fingerprint density at radius 3 is 2.67 bits per heavy atom. The summed E-state index contributed by atoms with van der Waals surface area (Å²) in [5.74, 6) is 0.886. The van der Waals surface area contributed by atoms with Gasteiger partial charge in [-0.3, -0.25) is 0 Å². The first kappa shape index (κ1) is 13.9. The van der Waals surface area contributed by atoms with E-state index in [2.05, 4.69) is 46.8 Å². The maximum absolute atomic E-state index is 6.00. The quantitative estimate of drug-likeness (QED) is 0.654. The van der Waals surface area contributed by atoms with E-state index in [4.69, 9.17) is 4.74 Å². The second-order valence-electron chi connectivity index (χ2n) is 4.82. The Balaban J connectivity index is 2.18. The van der Waals surface area contributed by atoms with Gasteiger partial charge in [0, 0.05) is 15.6 Å². The van der Waals surface area contributed by atoms with Crippen LogP contribution in [0, 0.1) is 0 Å². The number of hydrogen-bond acceptors (Lipinski definition) is 1. The second-order valence-corrected chi connectivity index (χ2v) is 5.73. The molecule has 0 unspecified atom stereocenters. The molecule has 1 aliphatic heterocycles. The SMILES string of the molecule is C=C1/C=C\C=C/COc2c1cccc2-c1cccc(Br)c1. The second kappa shape index (κ2) is 6.15. The molecule has 2 aromatic rings. The summed E-state index contributed by atoms with van der Waals surface area (Å²) in [5.41, 5.74) is 4.20. The van der Waals surface area contributed by atoms with Crippen LogP contribution in [0.1, 0.15) is 5.56 Å². The van der Waals surface area contributed by atoms with Gasteiger partial charge in [-0.15, -0.1) is 0 Å². The van der Waals surface area contributed by atoms with Crippen molar-refractivity contribution in [1.29, 1.82) is 0 Å². The minimum Gasteiger partial charge on any atom is -0.488 e. The van der Waals surface area contributed by atoms with Gasteiger partial charge < -0.3 is 4.74 Å². The van der Waals surface area contributed by atoms with E-state index >= 15 is 0 Å². The van der Waals surface area contributed by atoms with Crippen LogP contribution in [-0.4, -0.2) is 6.61 Å². The Hall–Kier alpha value is -2.06. The van der Waals surface area contributed by atoms with E-state index in [1.165, 1.54) is 0 Å². The van der Waals surface area contributed by atoms with Crippen molar-refractivity contribution in [3.05, 3.63) is 83.4 Å². The Labute approximate surface area is 133 Å². The highest BCUT2D eigenvalue weighted by atomic mass is 79.9. The highest BCUT2D eigenvalue weighted by Crippen LogP contribution is 2.37. The highest BCUT2D eigenvalue weighted by molar-refractivity contribution is 9.10. The monoisotopic (exact) mass is 338 g/mol. The number of ether oxygens (including phenoxy) is 1. The molecule has 21 heavy (non-hydrogen) atoms. The van der Waals surface area contributed by atoms with E-state index in [0.717, 1.165) is 32.5 Å². The van der Waals surface area contributed by atoms with Gasteiger partial charge in [-0.1, -0.05) is 71.1 Å². The largest absolute Gasteiger partial charge is 0.488 e. The molecule has 0 aliphatic carbocycles. The highest BCUT2D eigenvalue weighted by Gasteiger charge is 2.13. The van der Waals surface area contributed by atoms with Crippen molar-refractivity contribution in [2.75, 3.05) is 6.61 Å². The topological polar surface area (TPSA) is 9.23 Å². The predicted octanol–water partition coefficient (Wildman–Crippen LogP) is 5.63. The van der Waals surface area contributed by atoms with E-state index in [0.29, 0.717) is 6.61 Å². The third kappa shape index (κ3) is 3.01. The van der Waals surface area contributed by atoms with Crippen molar-refractivity contribution in [3.63, 3.8) is 0 Å². The van der Waals surface area contributed by atoms with E-state index in [1.54, 1.807) is 0 Å². The molecule has 0 N–H and O–H groups in total.